The first-order valence-electron chi connectivity index (χ1n) is 7.12. The molecule has 1 saturated heterocycles. The summed E-state index contributed by atoms with van der Waals surface area (Å²) in [6.07, 6.45) is 2.33. The molecule has 1 fully saturated rings. The van der Waals surface area contributed by atoms with E-state index < -0.39 is 0 Å². The lowest BCUT2D eigenvalue weighted by Crippen LogP contribution is -2.50. The normalized spacial score (nSPS) is 20.6. The van der Waals surface area contributed by atoms with Gasteiger partial charge in [0.2, 0.25) is 0 Å². The summed E-state index contributed by atoms with van der Waals surface area (Å²) in [7, 11) is 2.23. The number of nitrogens with zero attached hydrogens (tertiary/aromatic N) is 1. The van der Waals surface area contributed by atoms with Gasteiger partial charge in [-0.2, -0.15) is 0 Å². The molecule has 0 saturated carbocycles. The van der Waals surface area contributed by atoms with Gasteiger partial charge in [0.15, 0.2) is 0 Å². The second-order valence-electron chi connectivity index (χ2n) is 5.25. The Balaban J connectivity index is 1.58. The minimum absolute atomic E-state index is 0.689. The van der Waals surface area contributed by atoms with E-state index in [1.807, 2.05) is 0 Å². The number of benzene rings is 1. The third-order valence-electron chi connectivity index (χ3n) is 3.80. The van der Waals surface area contributed by atoms with Crippen molar-refractivity contribution in [2.24, 2.45) is 0 Å². The van der Waals surface area contributed by atoms with Gasteiger partial charge in [-0.05, 0) is 50.7 Å². The van der Waals surface area contributed by atoms with Crippen LogP contribution in [0.15, 0.2) is 28.7 Å². The van der Waals surface area contributed by atoms with Crippen LogP contribution in [-0.4, -0.2) is 50.7 Å². The van der Waals surface area contributed by atoms with Gasteiger partial charge in [0.05, 0.1) is 0 Å². The topological polar surface area (TPSA) is 27.3 Å². The van der Waals surface area contributed by atoms with Crippen LogP contribution in [0.1, 0.15) is 12.0 Å². The van der Waals surface area contributed by atoms with Gasteiger partial charge in [0.25, 0.3) is 0 Å². The first kappa shape index (κ1) is 15.0. The third kappa shape index (κ3) is 5.22. The van der Waals surface area contributed by atoms with Crippen LogP contribution in [-0.2, 0) is 6.42 Å². The molecule has 0 spiro atoms. The smallest absolute Gasteiger partial charge is 0.0230 e. The van der Waals surface area contributed by atoms with E-state index in [1.54, 1.807) is 0 Å². The third-order valence-corrected chi connectivity index (χ3v) is 4.33. The number of hydrogen-bond donors (Lipinski definition) is 2. The Hall–Kier alpha value is -0.420. The number of rotatable bonds is 6. The highest BCUT2D eigenvalue weighted by Crippen LogP contribution is 2.10. The quantitative estimate of drug-likeness (QED) is 0.782. The highest BCUT2D eigenvalue weighted by Gasteiger charge is 2.17. The maximum absolute atomic E-state index is 3.55. The predicted octanol–water partition coefficient (Wildman–Crippen LogP) is 1.87. The van der Waals surface area contributed by atoms with Gasteiger partial charge in [-0.25, -0.2) is 0 Å². The summed E-state index contributed by atoms with van der Waals surface area (Å²) in [5.41, 5.74) is 1.40. The molecule has 1 aromatic rings. The van der Waals surface area contributed by atoms with Crippen molar-refractivity contribution in [3.8, 4) is 0 Å². The molecule has 0 bridgehead atoms. The summed E-state index contributed by atoms with van der Waals surface area (Å²) in [6.45, 7) is 5.59. The number of hydrogen-bond acceptors (Lipinski definition) is 3. The van der Waals surface area contributed by atoms with Crippen molar-refractivity contribution in [2.75, 3.05) is 39.8 Å². The van der Waals surface area contributed by atoms with Gasteiger partial charge < -0.3 is 15.5 Å². The van der Waals surface area contributed by atoms with Crippen LogP contribution >= 0.6 is 15.9 Å². The number of halogens is 1. The van der Waals surface area contributed by atoms with E-state index in [-0.39, 0.29) is 0 Å². The van der Waals surface area contributed by atoms with Crippen LogP contribution in [0.25, 0.3) is 0 Å². The summed E-state index contributed by atoms with van der Waals surface area (Å²) >= 11 is 3.46. The van der Waals surface area contributed by atoms with Crippen molar-refractivity contribution < 1.29 is 0 Å². The van der Waals surface area contributed by atoms with Crippen molar-refractivity contribution in [2.45, 2.75) is 18.9 Å². The van der Waals surface area contributed by atoms with Crippen LogP contribution < -0.4 is 10.6 Å². The number of likely N-dealkylation sites (N-methyl/N-ethyl adjacent to an activating group) is 1. The fraction of sp³-hybridized carbons (Fsp3) is 0.600. The standard InChI is InChI=1S/C15H24BrN3/c1-19-11-10-18-12-15(19)7-9-17-8-6-13-2-4-14(16)5-3-13/h2-5,15,17-18H,6-12H2,1H3. The van der Waals surface area contributed by atoms with E-state index in [0.29, 0.717) is 6.04 Å². The summed E-state index contributed by atoms with van der Waals surface area (Å²) in [5, 5.41) is 7.01. The zero-order valence-electron chi connectivity index (χ0n) is 11.7. The van der Waals surface area contributed by atoms with Crippen LogP contribution in [0.2, 0.25) is 0 Å². The fourth-order valence-corrected chi connectivity index (χ4v) is 2.73. The Labute approximate surface area is 124 Å². The van der Waals surface area contributed by atoms with Gasteiger partial charge in [0, 0.05) is 30.1 Å². The molecule has 1 heterocycles. The predicted molar refractivity (Wildman–Crippen MR) is 84.6 cm³/mol. The van der Waals surface area contributed by atoms with Crippen molar-refractivity contribution in [3.63, 3.8) is 0 Å². The molecule has 1 atom stereocenters. The molecule has 0 radical (unpaired) electrons. The van der Waals surface area contributed by atoms with Crippen LogP contribution in [0, 0.1) is 0 Å². The monoisotopic (exact) mass is 325 g/mol. The molecule has 1 aliphatic rings. The molecule has 0 aromatic heterocycles. The highest BCUT2D eigenvalue weighted by molar-refractivity contribution is 9.10. The van der Waals surface area contributed by atoms with Crippen LogP contribution in [0.4, 0.5) is 0 Å². The maximum Gasteiger partial charge on any atom is 0.0230 e. The molecular formula is C15H24BrN3. The number of nitrogens with one attached hydrogen (secondary N) is 2. The SMILES string of the molecule is CN1CCNCC1CCNCCc1ccc(Br)cc1. The van der Waals surface area contributed by atoms with E-state index in [1.165, 1.54) is 18.5 Å². The van der Waals surface area contributed by atoms with Crippen molar-refractivity contribution in [3.05, 3.63) is 34.3 Å². The fourth-order valence-electron chi connectivity index (χ4n) is 2.46. The van der Waals surface area contributed by atoms with E-state index in [4.69, 9.17) is 0 Å². The van der Waals surface area contributed by atoms with E-state index in [2.05, 4.69) is 62.8 Å². The minimum atomic E-state index is 0.689. The van der Waals surface area contributed by atoms with Crippen LogP contribution in [0.5, 0.6) is 0 Å². The zero-order valence-corrected chi connectivity index (χ0v) is 13.2. The van der Waals surface area contributed by atoms with Gasteiger partial charge in [-0.15, -0.1) is 0 Å². The molecule has 1 aromatic carbocycles. The molecule has 106 valence electrons. The maximum atomic E-state index is 3.55. The average molecular weight is 326 g/mol. The molecular weight excluding hydrogens is 302 g/mol. The Morgan fingerprint density at radius 2 is 2.11 bits per heavy atom. The summed E-state index contributed by atoms with van der Waals surface area (Å²) in [6, 6.07) is 9.28. The summed E-state index contributed by atoms with van der Waals surface area (Å²) < 4.78 is 1.15. The van der Waals surface area contributed by atoms with E-state index in [9.17, 15) is 0 Å². The lowest BCUT2D eigenvalue weighted by Gasteiger charge is -2.33. The van der Waals surface area contributed by atoms with Gasteiger partial charge in [-0.1, -0.05) is 28.1 Å². The summed E-state index contributed by atoms with van der Waals surface area (Å²) in [4.78, 5) is 2.47. The largest absolute Gasteiger partial charge is 0.316 e. The Kier molecular flexibility index (Phi) is 6.31. The van der Waals surface area contributed by atoms with Gasteiger partial charge in [-0.3, -0.25) is 0 Å². The molecule has 1 aliphatic heterocycles. The van der Waals surface area contributed by atoms with Crippen LogP contribution in [0.3, 0.4) is 0 Å². The molecule has 0 amide bonds. The minimum Gasteiger partial charge on any atom is -0.316 e. The van der Waals surface area contributed by atoms with Crippen molar-refractivity contribution in [1.29, 1.82) is 0 Å². The molecule has 2 N–H and O–H groups in total. The second-order valence-corrected chi connectivity index (χ2v) is 6.17. The molecule has 2 rings (SSSR count). The Bertz CT molecular complexity index is 366. The lowest BCUT2D eigenvalue weighted by molar-refractivity contribution is 0.190. The molecule has 3 nitrogen and oxygen atoms in total. The summed E-state index contributed by atoms with van der Waals surface area (Å²) in [5.74, 6) is 0. The first-order valence-corrected chi connectivity index (χ1v) is 7.91. The molecule has 1 unspecified atom stereocenters. The highest BCUT2D eigenvalue weighted by atomic mass is 79.9. The Morgan fingerprint density at radius 3 is 2.84 bits per heavy atom. The average Bonchev–Trinajstić information content (AvgIpc) is 2.42. The molecule has 0 aliphatic carbocycles. The number of piperazine rings is 1. The van der Waals surface area contributed by atoms with Crippen molar-refractivity contribution in [1.82, 2.24) is 15.5 Å². The van der Waals surface area contributed by atoms with E-state index in [0.717, 1.165) is 37.1 Å². The van der Waals surface area contributed by atoms with Gasteiger partial charge in [0.1, 0.15) is 0 Å². The van der Waals surface area contributed by atoms with Gasteiger partial charge >= 0.3 is 0 Å². The Morgan fingerprint density at radius 1 is 1.32 bits per heavy atom. The van der Waals surface area contributed by atoms with E-state index >= 15 is 0 Å². The van der Waals surface area contributed by atoms with Crippen molar-refractivity contribution >= 4 is 15.9 Å². The zero-order chi connectivity index (χ0) is 13.5. The molecule has 4 heteroatoms. The lowest BCUT2D eigenvalue weighted by atomic mass is 10.1. The molecule has 19 heavy (non-hydrogen) atoms. The second kappa shape index (κ2) is 8.00. The first-order chi connectivity index (χ1) is 9.25.